The minimum atomic E-state index is -0.856. The highest BCUT2D eigenvalue weighted by atomic mass is 19.1. The van der Waals surface area contributed by atoms with Gasteiger partial charge >= 0.3 is 0 Å². The summed E-state index contributed by atoms with van der Waals surface area (Å²) >= 11 is 0. The van der Waals surface area contributed by atoms with Crippen LogP contribution in [0.1, 0.15) is 17.2 Å². The summed E-state index contributed by atoms with van der Waals surface area (Å²) in [7, 11) is 1.79. The predicted molar refractivity (Wildman–Crippen MR) is 93.1 cm³/mol. The Kier molecular flexibility index (Phi) is 5.08. The average molecular weight is 360 g/mol. The fourth-order valence-corrected chi connectivity index (χ4v) is 2.43. The number of anilines is 3. The van der Waals surface area contributed by atoms with Crippen LogP contribution < -0.4 is 10.6 Å². The van der Waals surface area contributed by atoms with Crippen molar-refractivity contribution < 1.29 is 13.9 Å². The van der Waals surface area contributed by atoms with Crippen LogP contribution in [0.3, 0.4) is 0 Å². The van der Waals surface area contributed by atoms with E-state index in [9.17, 15) is 13.9 Å². The van der Waals surface area contributed by atoms with E-state index in [0.29, 0.717) is 23.0 Å². The minimum Gasteiger partial charge on any atom is -0.394 e. The Balaban J connectivity index is 1.85. The molecule has 1 aromatic carbocycles. The second kappa shape index (κ2) is 7.44. The summed E-state index contributed by atoms with van der Waals surface area (Å²) in [5.41, 5.74) is 1.42. The zero-order valence-electron chi connectivity index (χ0n) is 14.2. The molecule has 136 valence electrons. The first-order chi connectivity index (χ1) is 12.5. The van der Waals surface area contributed by atoms with Gasteiger partial charge < -0.3 is 15.7 Å². The summed E-state index contributed by atoms with van der Waals surface area (Å²) in [6, 6.07) is 2.25. The first-order valence-corrected chi connectivity index (χ1v) is 7.88. The van der Waals surface area contributed by atoms with Crippen molar-refractivity contribution in [1.82, 2.24) is 19.7 Å². The molecule has 0 saturated carbocycles. The molecule has 0 aliphatic heterocycles. The maximum absolute atomic E-state index is 14.0. The van der Waals surface area contributed by atoms with Crippen LogP contribution in [0.5, 0.6) is 0 Å². The second-order valence-electron chi connectivity index (χ2n) is 5.80. The molecular formula is C17H18F2N6O. The molecule has 0 fully saturated rings. The number of hydrogen-bond acceptors (Lipinski definition) is 6. The van der Waals surface area contributed by atoms with Gasteiger partial charge in [0.2, 0.25) is 5.95 Å². The summed E-state index contributed by atoms with van der Waals surface area (Å²) in [5, 5.41) is 19.6. The van der Waals surface area contributed by atoms with Crippen molar-refractivity contribution in [3.05, 3.63) is 59.6 Å². The Morgan fingerprint density at radius 3 is 2.77 bits per heavy atom. The first-order valence-electron chi connectivity index (χ1n) is 7.88. The number of aliphatic hydroxyl groups excluding tert-OH is 1. The molecule has 0 radical (unpaired) electrons. The molecule has 0 aliphatic carbocycles. The molecule has 3 rings (SSSR count). The molecule has 2 aromatic heterocycles. The number of aromatic nitrogens is 4. The Hall–Kier alpha value is -3.07. The average Bonchev–Trinajstić information content (AvgIpc) is 3.02. The Labute approximate surface area is 148 Å². The van der Waals surface area contributed by atoms with Crippen molar-refractivity contribution in [2.75, 3.05) is 17.2 Å². The van der Waals surface area contributed by atoms with Gasteiger partial charge in [0, 0.05) is 30.6 Å². The first kappa shape index (κ1) is 17.7. The lowest BCUT2D eigenvalue weighted by Gasteiger charge is -2.19. The third-order valence-electron chi connectivity index (χ3n) is 3.76. The van der Waals surface area contributed by atoms with Crippen LogP contribution in [0, 0.1) is 18.6 Å². The lowest BCUT2D eigenvalue weighted by atomic mass is 10.1. The quantitative estimate of drug-likeness (QED) is 0.626. The van der Waals surface area contributed by atoms with Gasteiger partial charge in [-0.15, -0.1) is 0 Å². The van der Waals surface area contributed by atoms with Crippen LogP contribution in [0.4, 0.5) is 26.2 Å². The molecule has 0 spiro atoms. The molecule has 9 heteroatoms. The van der Waals surface area contributed by atoms with Gasteiger partial charge in [0.15, 0.2) is 0 Å². The molecule has 0 amide bonds. The number of benzene rings is 1. The summed E-state index contributed by atoms with van der Waals surface area (Å²) in [5.74, 6) is -0.491. The van der Waals surface area contributed by atoms with Gasteiger partial charge in [0.25, 0.3) is 0 Å². The van der Waals surface area contributed by atoms with E-state index in [2.05, 4.69) is 25.7 Å². The van der Waals surface area contributed by atoms with Crippen LogP contribution in [0.2, 0.25) is 0 Å². The topological polar surface area (TPSA) is 87.9 Å². The van der Waals surface area contributed by atoms with Crippen molar-refractivity contribution in [2.45, 2.75) is 13.0 Å². The Bertz CT molecular complexity index is 914. The molecule has 2 heterocycles. The van der Waals surface area contributed by atoms with E-state index < -0.39 is 24.3 Å². The summed E-state index contributed by atoms with van der Waals surface area (Å²) in [4.78, 5) is 8.53. The van der Waals surface area contributed by atoms with E-state index in [-0.39, 0.29) is 5.56 Å². The molecule has 1 atom stereocenters. The predicted octanol–water partition coefficient (Wildman–Crippen LogP) is 2.69. The van der Waals surface area contributed by atoms with E-state index in [1.807, 2.05) is 0 Å². The van der Waals surface area contributed by atoms with Crippen LogP contribution >= 0.6 is 0 Å². The van der Waals surface area contributed by atoms with E-state index in [4.69, 9.17) is 0 Å². The molecule has 0 aliphatic rings. The Morgan fingerprint density at radius 2 is 2.08 bits per heavy atom. The molecule has 3 N–H and O–H groups in total. The molecular weight excluding hydrogens is 342 g/mol. The molecule has 0 saturated heterocycles. The molecule has 3 aromatic rings. The lowest BCUT2D eigenvalue weighted by Crippen LogP contribution is -2.18. The zero-order valence-corrected chi connectivity index (χ0v) is 14.2. The number of aliphatic hydroxyl groups is 1. The zero-order chi connectivity index (χ0) is 18.7. The second-order valence-corrected chi connectivity index (χ2v) is 5.80. The maximum Gasteiger partial charge on any atom is 0.229 e. The van der Waals surface area contributed by atoms with E-state index in [0.717, 1.165) is 18.2 Å². The fraction of sp³-hybridized carbons (Fsp3) is 0.235. The molecule has 7 nitrogen and oxygen atoms in total. The Morgan fingerprint density at radius 1 is 1.27 bits per heavy atom. The van der Waals surface area contributed by atoms with Crippen LogP contribution in [-0.4, -0.2) is 31.5 Å². The number of aryl methyl sites for hydroxylation is 2. The fourth-order valence-electron chi connectivity index (χ4n) is 2.43. The normalized spacial score (nSPS) is 12.0. The third kappa shape index (κ3) is 3.94. The highest BCUT2D eigenvalue weighted by Gasteiger charge is 2.18. The SMILES string of the molecule is Cc1cnc(Nc2cnn(C)c2)nc1N[C@H](CO)c1cc(F)ccc1F. The van der Waals surface area contributed by atoms with Gasteiger partial charge in [-0.3, -0.25) is 4.68 Å². The highest BCUT2D eigenvalue weighted by molar-refractivity contribution is 5.55. The van der Waals surface area contributed by atoms with Crippen molar-refractivity contribution in [3.8, 4) is 0 Å². The molecule has 0 bridgehead atoms. The van der Waals surface area contributed by atoms with Crippen LogP contribution in [-0.2, 0) is 7.05 Å². The van der Waals surface area contributed by atoms with Gasteiger partial charge in [0.05, 0.1) is 24.5 Å². The minimum absolute atomic E-state index is 0.0206. The van der Waals surface area contributed by atoms with Gasteiger partial charge in [-0.2, -0.15) is 10.1 Å². The van der Waals surface area contributed by atoms with Crippen molar-refractivity contribution in [2.24, 2.45) is 7.05 Å². The van der Waals surface area contributed by atoms with Crippen LogP contribution in [0.15, 0.2) is 36.8 Å². The van der Waals surface area contributed by atoms with Gasteiger partial charge in [-0.1, -0.05) is 0 Å². The third-order valence-corrected chi connectivity index (χ3v) is 3.76. The summed E-state index contributed by atoms with van der Waals surface area (Å²) in [6.07, 6.45) is 4.97. The smallest absolute Gasteiger partial charge is 0.229 e. The molecule has 26 heavy (non-hydrogen) atoms. The molecule has 0 unspecified atom stereocenters. The largest absolute Gasteiger partial charge is 0.394 e. The number of nitrogens with zero attached hydrogens (tertiary/aromatic N) is 4. The summed E-state index contributed by atoms with van der Waals surface area (Å²) in [6.45, 7) is 1.34. The van der Waals surface area contributed by atoms with E-state index in [1.54, 1.807) is 37.2 Å². The summed E-state index contributed by atoms with van der Waals surface area (Å²) < 4.78 is 29.1. The van der Waals surface area contributed by atoms with Gasteiger partial charge in [0.1, 0.15) is 17.5 Å². The standard InChI is InChI=1S/C17H18F2N6O/c1-10-6-20-17(22-12-7-21-25(2)8-12)24-16(10)23-15(9-26)13-5-11(18)3-4-14(13)19/h3-8,15,26H,9H2,1-2H3,(H2,20,22,23,24)/t15-/m1/s1. The van der Waals surface area contributed by atoms with Gasteiger partial charge in [-0.05, 0) is 25.1 Å². The van der Waals surface area contributed by atoms with Crippen molar-refractivity contribution in [3.63, 3.8) is 0 Å². The lowest BCUT2D eigenvalue weighted by molar-refractivity contribution is 0.273. The highest BCUT2D eigenvalue weighted by Crippen LogP contribution is 2.24. The van der Waals surface area contributed by atoms with Crippen molar-refractivity contribution >= 4 is 17.5 Å². The number of hydrogen-bond donors (Lipinski definition) is 3. The number of nitrogens with one attached hydrogen (secondary N) is 2. The van der Waals surface area contributed by atoms with Crippen molar-refractivity contribution in [1.29, 1.82) is 0 Å². The monoisotopic (exact) mass is 360 g/mol. The maximum atomic E-state index is 14.0. The van der Waals surface area contributed by atoms with E-state index in [1.165, 1.54) is 0 Å². The van der Waals surface area contributed by atoms with Crippen LogP contribution in [0.25, 0.3) is 0 Å². The number of rotatable bonds is 6. The van der Waals surface area contributed by atoms with Gasteiger partial charge in [-0.25, -0.2) is 13.8 Å². The number of halogens is 2. The van der Waals surface area contributed by atoms with E-state index >= 15 is 0 Å².